The van der Waals surface area contributed by atoms with Crippen molar-refractivity contribution in [2.45, 2.75) is 38.1 Å². The molecule has 1 saturated carbocycles. The van der Waals surface area contributed by atoms with E-state index in [2.05, 4.69) is 39.4 Å². The van der Waals surface area contributed by atoms with Crippen LogP contribution >= 0.6 is 0 Å². The van der Waals surface area contributed by atoms with Crippen LogP contribution in [0.1, 0.15) is 31.4 Å². The summed E-state index contributed by atoms with van der Waals surface area (Å²) in [4.78, 5) is 10.9. The van der Waals surface area contributed by atoms with Gasteiger partial charge in [-0.2, -0.15) is 14.6 Å². The molecule has 0 unspecified atom stereocenters. The Bertz CT molecular complexity index is 597. The van der Waals surface area contributed by atoms with Crippen LogP contribution in [0.3, 0.4) is 0 Å². The second-order valence-corrected chi connectivity index (χ2v) is 5.93. The van der Waals surface area contributed by atoms with Gasteiger partial charge in [0, 0.05) is 23.8 Å². The van der Waals surface area contributed by atoms with Crippen molar-refractivity contribution in [2.24, 2.45) is 0 Å². The van der Waals surface area contributed by atoms with E-state index in [9.17, 15) is 0 Å². The molecule has 0 amide bonds. The lowest BCUT2D eigenvalue weighted by Gasteiger charge is -2.36. The van der Waals surface area contributed by atoms with Crippen molar-refractivity contribution in [3.63, 3.8) is 0 Å². The number of nitrogens with zero attached hydrogens (tertiary/aromatic N) is 5. The van der Waals surface area contributed by atoms with Crippen LogP contribution < -0.4 is 5.32 Å². The molecule has 2 heterocycles. The van der Waals surface area contributed by atoms with E-state index >= 15 is 0 Å². The van der Waals surface area contributed by atoms with Gasteiger partial charge in [0.05, 0.1) is 0 Å². The molecule has 0 atom stereocenters. The third-order valence-corrected chi connectivity index (χ3v) is 4.46. The zero-order valence-corrected chi connectivity index (χ0v) is 12.4. The number of likely N-dealkylation sites (N-methyl/N-ethyl adjacent to an activating group) is 1. The molecular formula is C14H22N6. The second-order valence-electron chi connectivity index (χ2n) is 5.93. The van der Waals surface area contributed by atoms with Crippen LogP contribution in [0.5, 0.6) is 0 Å². The molecule has 0 radical (unpaired) electrons. The van der Waals surface area contributed by atoms with Gasteiger partial charge in [-0.05, 0) is 33.9 Å². The summed E-state index contributed by atoms with van der Waals surface area (Å²) in [5.41, 5.74) is 1.21. The maximum atomic E-state index is 4.37. The molecule has 2 aromatic heterocycles. The van der Waals surface area contributed by atoms with Crippen molar-refractivity contribution in [1.29, 1.82) is 0 Å². The van der Waals surface area contributed by atoms with Gasteiger partial charge in [0.1, 0.15) is 12.1 Å². The quantitative estimate of drug-likeness (QED) is 0.920. The lowest BCUT2D eigenvalue weighted by Crippen LogP contribution is -2.47. The highest BCUT2D eigenvalue weighted by atomic mass is 15.4. The second kappa shape index (κ2) is 5.01. The number of aromatic nitrogens is 4. The van der Waals surface area contributed by atoms with Gasteiger partial charge in [-0.1, -0.05) is 12.8 Å². The Kier molecular flexibility index (Phi) is 3.33. The first kappa shape index (κ1) is 13.3. The Labute approximate surface area is 119 Å². The molecule has 0 bridgehead atoms. The summed E-state index contributed by atoms with van der Waals surface area (Å²) >= 11 is 0. The maximum Gasteiger partial charge on any atom is 0.254 e. The van der Waals surface area contributed by atoms with Crippen molar-refractivity contribution in [2.75, 3.05) is 26.0 Å². The number of hydrogen-bond donors (Lipinski definition) is 1. The number of anilines is 1. The molecule has 0 aliphatic heterocycles. The fourth-order valence-corrected chi connectivity index (χ4v) is 3.13. The molecule has 0 saturated heterocycles. The van der Waals surface area contributed by atoms with Crippen LogP contribution in [0, 0.1) is 6.92 Å². The predicted molar refractivity (Wildman–Crippen MR) is 78.9 cm³/mol. The molecule has 6 heteroatoms. The summed E-state index contributed by atoms with van der Waals surface area (Å²) in [7, 11) is 4.35. The number of aryl methyl sites for hydroxylation is 1. The lowest BCUT2D eigenvalue weighted by molar-refractivity contribution is 0.172. The Hall–Kier alpha value is -1.69. The third kappa shape index (κ3) is 2.24. The van der Waals surface area contributed by atoms with E-state index in [0.29, 0.717) is 5.78 Å². The molecule has 2 aromatic rings. The molecule has 1 fully saturated rings. The third-order valence-electron chi connectivity index (χ3n) is 4.46. The summed E-state index contributed by atoms with van der Waals surface area (Å²) < 4.78 is 1.77. The monoisotopic (exact) mass is 274 g/mol. The first-order valence-corrected chi connectivity index (χ1v) is 7.19. The Balaban J connectivity index is 1.84. The van der Waals surface area contributed by atoms with Crippen molar-refractivity contribution in [3.8, 4) is 0 Å². The molecule has 1 aliphatic rings. The zero-order chi connectivity index (χ0) is 14.2. The van der Waals surface area contributed by atoms with Crippen LogP contribution in [0.4, 0.5) is 5.82 Å². The van der Waals surface area contributed by atoms with E-state index in [4.69, 9.17) is 0 Å². The van der Waals surface area contributed by atoms with Gasteiger partial charge < -0.3 is 10.2 Å². The average Bonchev–Trinajstić information content (AvgIpc) is 3.04. The fourth-order valence-electron chi connectivity index (χ4n) is 3.13. The molecule has 108 valence electrons. The lowest BCUT2D eigenvalue weighted by atomic mass is 9.96. The van der Waals surface area contributed by atoms with Crippen molar-refractivity contribution in [1.82, 2.24) is 24.5 Å². The molecule has 1 N–H and O–H groups in total. The summed E-state index contributed by atoms with van der Waals surface area (Å²) in [6, 6.07) is 2.03. The SMILES string of the molecule is Cc1cc(NCC2(N(C)C)CCCC2)n2ncnc2n1. The summed E-state index contributed by atoms with van der Waals surface area (Å²) in [5.74, 6) is 1.62. The minimum atomic E-state index is 0.254. The molecule has 0 aromatic carbocycles. The molecule has 3 rings (SSSR count). The Morgan fingerprint density at radius 3 is 2.80 bits per heavy atom. The Morgan fingerprint density at radius 2 is 2.10 bits per heavy atom. The minimum absolute atomic E-state index is 0.254. The van der Waals surface area contributed by atoms with E-state index in [1.54, 1.807) is 10.8 Å². The van der Waals surface area contributed by atoms with Crippen molar-refractivity contribution >= 4 is 11.6 Å². The van der Waals surface area contributed by atoms with Crippen LogP contribution in [-0.4, -0.2) is 50.7 Å². The maximum absolute atomic E-state index is 4.37. The van der Waals surface area contributed by atoms with E-state index < -0.39 is 0 Å². The van der Waals surface area contributed by atoms with E-state index in [1.807, 2.05) is 13.0 Å². The van der Waals surface area contributed by atoms with Gasteiger partial charge in [-0.25, -0.2) is 4.98 Å². The normalized spacial score (nSPS) is 18.0. The average molecular weight is 274 g/mol. The topological polar surface area (TPSA) is 58.4 Å². The molecule has 0 spiro atoms. The standard InChI is InChI=1S/C14H22N6/c1-11-8-12(20-13(18-11)16-10-17-20)15-9-14(19(2)3)6-4-5-7-14/h8,10,15H,4-7,9H2,1-3H3. The summed E-state index contributed by atoms with van der Waals surface area (Å²) in [6.45, 7) is 2.91. The molecule has 6 nitrogen and oxygen atoms in total. The zero-order valence-electron chi connectivity index (χ0n) is 12.4. The summed E-state index contributed by atoms with van der Waals surface area (Å²) in [5, 5.41) is 7.80. The highest BCUT2D eigenvalue weighted by molar-refractivity contribution is 5.45. The van der Waals surface area contributed by atoms with Crippen molar-refractivity contribution < 1.29 is 0 Å². The van der Waals surface area contributed by atoms with Crippen LogP contribution in [0.15, 0.2) is 12.4 Å². The molecular weight excluding hydrogens is 252 g/mol. The number of hydrogen-bond acceptors (Lipinski definition) is 5. The largest absolute Gasteiger partial charge is 0.368 e. The highest BCUT2D eigenvalue weighted by Gasteiger charge is 2.35. The van der Waals surface area contributed by atoms with E-state index in [1.165, 1.54) is 25.7 Å². The number of nitrogens with one attached hydrogen (secondary N) is 1. The van der Waals surface area contributed by atoms with Gasteiger partial charge in [0.15, 0.2) is 0 Å². The number of fused-ring (bicyclic) bond motifs is 1. The number of rotatable bonds is 4. The van der Waals surface area contributed by atoms with Gasteiger partial charge in [-0.3, -0.25) is 0 Å². The van der Waals surface area contributed by atoms with Crippen LogP contribution in [0.2, 0.25) is 0 Å². The van der Waals surface area contributed by atoms with Gasteiger partial charge in [0.25, 0.3) is 5.78 Å². The molecule has 20 heavy (non-hydrogen) atoms. The summed E-state index contributed by atoms with van der Waals surface area (Å²) in [6.07, 6.45) is 6.67. The first-order valence-electron chi connectivity index (χ1n) is 7.19. The van der Waals surface area contributed by atoms with E-state index in [-0.39, 0.29) is 5.54 Å². The first-order chi connectivity index (χ1) is 9.61. The fraction of sp³-hybridized carbons (Fsp3) is 0.643. The van der Waals surface area contributed by atoms with Crippen molar-refractivity contribution in [3.05, 3.63) is 18.1 Å². The van der Waals surface area contributed by atoms with Gasteiger partial charge in [0.2, 0.25) is 0 Å². The smallest absolute Gasteiger partial charge is 0.254 e. The van der Waals surface area contributed by atoms with Crippen LogP contribution in [-0.2, 0) is 0 Å². The Morgan fingerprint density at radius 1 is 1.35 bits per heavy atom. The minimum Gasteiger partial charge on any atom is -0.368 e. The highest BCUT2D eigenvalue weighted by Crippen LogP contribution is 2.33. The van der Waals surface area contributed by atoms with Gasteiger partial charge in [-0.15, -0.1) is 0 Å². The van der Waals surface area contributed by atoms with Crippen LogP contribution in [0.25, 0.3) is 5.78 Å². The molecule has 1 aliphatic carbocycles. The predicted octanol–water partition coefficient (Wildman–Crippen LogP) is 1.72. The van der Waals surface area contributed by atoms with Gasteiger partial charge >= 0.3 is 0 Å². The van der Waals surface area contributed by atoms with E-state index in [0.717, 1.165) is 18.1 Å².